The standard InChI is InChI=1S/C20H24ClN3O4S/c1-13(2)19(25)23-15-7-5-14(6-8-15)12-22-20(26)17-11-16(9-10-18(17)21)29(27,28)24(3)4/h5-11,13H,12H2,1-4H3,(H,22,26)(H,23,25). The molecule has 2 rings (SSSR count). The molecule has 0 atom stereocenters. The van der Waals surface area contributed by atoms with Crippen LogP contribution in [0.25, 0.3) is 0 Å². The molecule has 2 aromatic carbocycles. The molecular formula is C20H24ClN3O4S. The summed E-state index contributed by atoms with van der Waals surface area (Å²) in [7, 11) is -0.850. The highest BCUT2D eigenvalue weighted by Crippen LogP contribution is 2.22. The minimum atomic E-state index is -3.68. The van der Waals surface area contributed by atoms with E-state index in [4.69, 9.17) is 11.6 Å². The normalized spacial score (nSPS) is 11.6. The fourth-order valence-corrected chi connectivity index (χ4v) is 3.45. The molecule has 0 aliphatic rings. The van der Waals surface area contributed by atoms with Crippen LogP contribution in [-0.4, -0.2) is 38.6 Å². The molecule has 0 saturated heterocycles. The highest BCUT2D eigenvalue weighted by molar-refractivity contribution is 7.89. The lowest BCUT2D eigenvalue weighted by Crippen LogP contribution is -2.25. The van der Waals surface area contributed by atoms with Crippen molar-refractivity contribution >= 4 is 39.1 Å². The van der Waals surface area contributed by atoms with Gasteiger partial charge in [0.05, 0.1) is 15.5 Å². The van der Waals surface area contributed by atoms with Crippen LogP contribution in [0.2, 0.25) is 5.02 Å². The Balaban J connectivity index is 2.09. The van der Waals surface area contributed by atoms with Gasteiger partial charge in [-0.3, -0.25) is 9.59 Å². The van der Waals surface area contributed by atoms with Crippen LogP contribution < -0.4 is 10.6 Å². The highest BCUT2D eigenvalue weighted by atomic mass is 35.5. The number of hydrogen-bond acceptors (Lipinski definition) is 4. The molecule has 156 valence electrons. The molecule has 0 aliphatic heterocycles. The zero-order chi connectivity index (χ0) is 21.8. The number of benzene rings is 2. The van der Waals surface area contributed by atoms with E-state index in [-0.39, 0.29) is 33.9 Å². The van der Waals surface area contributed by atoms with Crippen molar-refractivity contribution in [2.24, 2.45) is 5.92 Å². The van der Waals surface area contributed by atoms with E-state index in [2.05, 4.69) is 10.6 Å². The van der Waals surface area contributed by atoms with E-state index in [9.17, 15) is 18.0 Å². The lowest BCUT2D eigenvalue weighted by molar-refractivity contribution is -0.118. The summed E-state index contributed by atoms with van der Waals surface area (Å²) in [5, 5.41) is 5.67. The Bertz CT molecular complexity index is 1000. The third kappa shape index (κ3) is 5.79. The van der Waals surface area contributed by atoms with E-state index in [0.29, 0.717) is 5.69 Å². The zero-order valence-corrected chi connectivity index (χ0v) is 18.3. The van der Waals surface area contributed by atoms with E-state index in [1.807, 2.05) is 13.8 Å². The van der Waals surface area contributed by atoms with Gasteiger partial charge in [0.1, 0.15) is 0 Å². The topological polar surface area (TPSA) is 95.6 Å². The van der Waals surface area contributed by atoms with Gasteiger partial charge in [0.2, 0.25) is 15.9 Å². The zero-order valence-electron chi connectivity index (χ0n) is 16.7. The highest BCUT2D eigenvalue weighted by Gasteiger charge is 2.20. The van der Waals surface area contributed by atoms with Crippen LogP contribution >= 0.6 is 11.6 Å². The quantitative estimate of drug-likeness (QED) is 0.695. The fraction of sp³-hybridized carbons (Fsp3) is 0.300. The maximum atomic E-state index is 12.5. The molecule has 29 heavy (non-hydrogen) atoms. The molecule has 0 heterocycles. The minimum Gasteiger partial charge on any atom is -0.348 e. The van der Waals surface area contributed by atoms with Gasteiger partial charge >= 0.3 is 0 Å². The largest absolute Gasteiger partial charge is 0.348 e. The van der Waals surface area contributed by atoms with Gasteiger partial charge in [0.15, 0.2) is 0 Å². The van der Waals surface area contributed by atoms with Crippen LogP contribution in [0.1, 0.15) is 29.8 Å². The third-order valence-electron chi connectivity index (χ3n) is 4.16. The molecule has 2 aromatic rings. The molecule has 0 aliphatic carbocycles. The second kappa shape index (κ2) is 9.39. The number of amides is 2. The first-order chi connectivity index (χ1) is 13.5. The lowest BCUT2D eigenvalue weighted by Gasteiger charge is -2.13. The maximum absolute atomic E-state index is 12.5. The van der Waals surface area contributed by atoms with E-state index in [1.165, 1.54) is 32.3 Å². The number of halogens is 1. The van der Waals surface area contributed by atoms with Gasteiger partial charge < -0.3 is 10.6 Å². The average Bonchev–Trinajstić information content (AvgIpc) is 2.67. The number of carbonyl (C=O) groups is 2. The SMILES string of the molecule is CC(C)C(=O)Nc1ccc(CNC(=O)c2cc(S(=O)(=O)N(C)C)ccc2Cl)cc1. The smallest absolute Gasteiger partial charge is 0.253 e. The molecule has 9 heteroatoms. The minimum absolute atomic E-state index is 0.0118. The number of rotatable bonds is 7. The molecule has 0 unspecified atom stereocenters. The summed E-state index contributed by atoms with van der Waals surface area (Å²) >= 11 is 6.09. The van der Waals surface area contributed by atoms with Crippen molar-refractivity contribution in [3.05, 3.63) is 58.6 Å². The predicted octanol–water partition coefficient (Wildman–Crippen LogP) is 3.11. The fourth-order valence-electron chi connectivity index (χ4n) is 2.32. The van der Waals surface area contributed by atoms with E-state index < -0.39 is 15.9 Å². The summed E-state index contributed by atoms with van der Waals surface area (Å²) in [5.41, 5.74) is 1.56. The van der Waals surface area contributed by atoms with E-state index in [0.717, 1.165) is 9.87 Å². The molecular weight excluding hydrogens is 414 g/mol. The van der Waals surface area contributed by atoms with Gasteiger partial charge in [-0.1, -0.05) is 37.6 Å². The first-order valence-corrected chi connectivity index (χ1v) is 10.7. The predicted molar refractivity (Wildman–Crippen MR) is 113 cm³/mol. The van der Waals surface area contributed by atoms with Crippen molar-refractivity contribution in [2.45, 2.75) is 25.3 Å². The maximum Gasteiger partial charge on any atom is 0.253 e. The summed E-state index contributed by atoms with van der Waals surface area (Å²) in [5.74, 6) is -0.679. The Morgan fingerprint density at radius 3 is 2.24 bits per heavy atom. The first-order valence-electron chi connectivity index (χ1n) is 8.92. The Morgan fingerprint density at radius 2 is 1.69 bits per heavy atom. The number of carbonyl (C=O) groups excluding carboxylic acids is 2. The Morgan fingerprint density at radius 1 is 1.07 bits per heavy atom. The molecule has 0 fully saturated rings. The molecule has 0 spiro atoms. The van der Waals surface area contributed by atoms with Crippen molar-refractivity contribution in [1.29, 1.82) is 0 Å². The van der Waals surface area contributed by atoms with Crippen LogP contribution in [0, 0.1) is 5.92 Å². The number of anilines is 1. The molecule has 7 nitrogen and oxygen atoms in total. The van der Waals surface area contributed by atoms with Crippen molar-refractivity contribution in [1.82, 2.24) is 9.62 Å². The van der Waals surface area contributed by atoms with E-state index in [1.54, 1.807) is 24.3 Å². The molecule has 0 bridgehead atoms. The average molecular weight is 438 g/mol. The Hall–Kier alpha value is -2.42. The summed E-state index contributed by atoms with van der Waals surface area (Å²) in [4.78, 5) is 24.2. The second-order valence-corrected chi connectivity index (χ2v) is 9.51. The summed E-state index contributed by atoms with van der Waals surface area (Å²) in [6.45, 7) is 3.84. The number of nitrogens with one attached hydrogen (secondary N) is 2. The van der Waals surface area contributed by atoms with Crippen LogP contribution in [-0.2, 0) is 21.4 Å². The van der Waals surface area contributed by atoms with Crippen LogP contribution in [0.4, 0.5) is 5.69 Å². The lowest BCUT2D eigenvalue weighted by atomic mass is 10.1. The summed E-state index contributed by atoms with van der Waals surface area (Å²) in [6.07, 6.45) is 0. The third-order valence-corrected chi connectivity index (χ3v) is 6.30. The van der Waals surface area contributed by atoms with Crippen molar-refractivity contribution in [2.75, 3.05) is 19.4 Å². The van der Waals surface area contributed by atoms with Crippen LogP contribution in [0.5, 0.6) is 0 Å². The van der Waals surface area contributed by atoms with Crippen LogP contribution in [0.15, 0.2) is 47.4 Å². The van der Waals surface area contributed by atoms with Gasteiger partial charge in [0, 0.05) is 32.2 Å². The van der Waals surface area contributed by atoms with Gasteiger partial charge in [0.25, 0.3) is 5.91 Å². The number of sulfonamides is 1. The second-order valence-electron chi connectivity index (χ2n) is 6.95. The molecule has 2 N–H and O–H groups in total. The Kier molecular flexibility index (Phi) is 7.40. The van der Waals surface area contributed by atoms with Gasteiger partial charge in [-0.2, -0.15) is 0 Å². The summed E-state index contributed by atoms with van der Waals surface area (Å²) < 4.78 is 25.6. The van der Waals surface area contributed by atoms with Crippen molar-refractivity contribution in [3.8, 4) is 0 Å². The molecule has 0 aromatic heterocycles. The van der Waals surface area contributed by atoms with E-state index >= 15 is 0 Å². The van der Waals surface area contributed by atoms with Crippen molar-refractivity contribution in [3.63, 3.8) is 0 Å². The monoisotopic (exact) mass is 437 g/mol. The van der Waals surface area contributed by atoms with Gasteiger partial charge in [-0.25, -0.2) is 12.7 Å². The first kappa shape index (κ1) is 22.9. The van der Waals surface area contributed by atoms with Gasteiger partial charge in [-0.05, 0) is 35.9 Å². The van der Waals surface area contributed by atoms with Crippen molar-refractivity contribution < 1.29 is 18.0 Å². The molecule has 0 saturated carbocycles. The van der Waals surface area contributed by atoms with Crippen LogP contribution in [0.3, 0.4) is 0 Å². The number of nitrogens with zero attached hydrogens (tertiary/aromatic N) is 1. The Labute approximate surface area is 176 Å². The molecule has 0 radical (unpaired) electrons. The van der Waals surface area contributed by atoms with Gasteiger partial charge in [-0.15, -0.1) is 0 Å². The number of hydrogen-bond donors (Lipinski definition) is 2. The summed E-state index contributed by atoms with van der Waals surface area (Å²) in [6, 6.07) is 11.1. The molecule has 2 amide bonds.